The molecule has 0 aliphatic heterocycles. The van der Waals surface area contributed by atoms with Crippen LogP contribution in [0.1, 0.15) is 18.6 Å². The number of hydrogen-bond acceptors (Lipinski definition) is 4. The number of aromatic nitrogens is 1. The molecular weight excluding hydrogens is 240 g/mol. The predicted octanol–water partition coefficient (Wildman–Crippen LogP) is 2.99. The second-order valence-electron chi connectivity index (χ2n) is 4.57. The lowest BCUT2D eigenvalue weighted by Crippen LogP contribution is -2.08. The van der Waals surface area contributed by atoms with Gasteiger partial charge in [0, 0.05) is 37.6 Å². The van der Waals surface area contributed by atoms with E-state index in [1.54, 1.807) is 19.2 Å². The van der Waals surface area contributed by atoms with Crippen molar-refractivity contribution in [2.24, 2.45) is 0 Å². The third-order valence-corrected chi connectivity index (χ3v) is 2.80. The number of benzene rings is 1. The molecule has 2 rings (SSSR count). The third kappa shape index (κ3) is 3.23. The summed E-state index contributed by atoms with van der Waals surface area (Å²) in [6.07, 6.45) is 1.04. The lowest BCUT2D eigenvalue weighted by Gasteiger charge is -2.15. The van der Waals surface area contributed by atoms with Crippen molar-refractivity contribution >= 4 is 5.69 Å². The molecule has 0 amide bonds. The van der Waals surface area contributed by atoms with E-state index in [-0.39, 0.29) is 0 Å². The molecule has 0 radical (unpaired) electrons. The predicted molar refractivity (Wildman–Crippen MR) is 75.7 cm³/mol. The summed E-state index contributed by atoms with van der Waals surface area (Å²) >= 11 is 0. The summed E-state index contributed by atoms with van der Waals surface area (Å²) in [7, 11) is 3.95. The van der Waals surface area contributed by atoms with Gasteiger partial charge in [-0.1, -0.05) is 6.07 Å². The minimum Gasteiger partial charge on any atom is -0.439 e. The van der Waals surface area contributed by atoms with Gasteiger partial charge in [-0.25, -0.2) is 4.98 Å². The van der Waals surface area contributed by atoms with E-state index in [0.717, 1.165) is 5.69 Å². The molecule has 1 unspecified atom stereocenters. The van der Waals surface area contributed by atoms with Crippen LogP contribution in [0.15, 0.2) is 42.6 Å². The van der Waals surface area contributed by atoms with Gasteiger partial charge in [0.15, 0.2) is 0 Å². The van der Waals surface area contributed by atoms with Gasteiger partial charge in [0.2, 0.25) is 5.88 Å². The zero-order valence-electron chi connectivity index (χ0n) is 11.4. The number of ether oxygens (including phenoxy) is 1. The molecule has 1 aromatic heterocycles. The molecular formula is C15H18N2O2. The van der Waals surface area contributed by atoms with E-state index in [1.165, 1.54) is 0 Å². The molecule has 1 heterocycles. The summed E-state index contributed by atoms with van der Waals surface area (Å²) in [5.74, 6) is 1.14. The first-order valence-corrected chi connectivity index (χ1v) is 6.16. The third-order valence-electron chi connectivity index (χ3n) is 2.80. The van der Waals surface area contributed by atoms with Crippen LogP contribution in [0.2, 0.25) is 0 Å². The summed E-state index contributed by atoms with van der Waals surface area (Å²) in [6.45, 7) is 1.69. The Morgan fingerprint density at radius 3 is 2.68 bits per heavy atom. The standard InChI is InChI=1S/C15H18N2O2/c1-11(18)14-8-5-9-16-15(14)19-13-7-4-6-12(10-13)17(2)3/h4-11,18H,1-3H3. The fraction of sp³-hybridized carbons (Fsp3) is 0.267. The molecule has 100 valence electrons. The van der Waals surface area contributed by atoms with Crippen molar-refractivity contribution in [1.29, 1.82) is 0 Å². The summed E-state index contributed by atoms with van der Waals surface area (Å²) in [6, 6.07) is 11.3. The Morgan fingerprint density at radius 2 is 2.00 bits per heavy atom. The van der Waals surface area contributed by atoms with Gasteiger partial charge >= 0.3 is 0 Å². The minimum atomic E-state index is -0.610. The van der Waals surface area contributed by atoms with Crippen molar-refractivity contribution in [2.75, 3.05) is 19.0 Å². The molecule has 0 saturated heterocycles. The maximum atomic E-state index is 9.70. The van der Waals surface area contributed by atoms with E-state index in [2.05, 4.69) is 4.98 Å². The van der Waals surface area contributed by atoms with Gasteiger partial charge < -0.3 is 14.7 Å². The molecule has 4 nitrogen and oxygen atoms in total. The van der Waals surface area contributed by atoms with Crippen molar-refractivity contribution in [1.82, 2.24) is 4.98 Å². The Labute approximate surface area is 113 Å². The zero-order valence-corrected chi connectivity index (χ0v) is 11.4. The van der Waals surface area contributed by atoms with Crippen LogP contribution in [-0.4, -0.2) is 24.2 Å². The van der Waals surface area contributed by atoms with Crippen LogP contribution in [0, 0.1) is 0 Å². The van der Waals surface area contributed by atoms with E-state index in [9.17, 15) is 5.11 Å². The van der Waals surface area contributed by atoms with Crippen molar-refractivity contribution in [2.45, 2.75) is 13.0 Å². The normalized spacial score (nSPS) is 12.0. The molecule has 0 bridgehead atoms. The van der Waals surface area contributed by atoms with Gasteiger partial charge in [-0.2, -0.15) is 0 Å². The lowest BCUT2D eigenvalue weighted by atomic mass is 10.2. The van der Waals surface area contributed by atoms with Crippen molar-refractivity contribution in [3.8, 4) is 11.6 Å². The van der Waals surface area contributed by atoms with Crippen LogP contribution in [-0.2, 0) is 0 Å². The highest BCUT2D eigenvalue weighted by molar-refractivity contribution is 5.50. The summed E-state index contributed by atoms with van der Waals surface area (Å²) < 4.78 is 5.76. The summed E-state index contributed by atoms with van der Waals surface area (Å²) in [5, 5.41) is 9.70. The Hall–Kier alpha value is -2.07. The van der Waals surface area contributed by atoms with Crippen LogP contribution in [0.4, 0.5) is 5.69 Å². The number of aliphatic hydroxyl groups is 1. The smallest absolute Gasteiger partial charge is 0.225 e. The fourth-order valence-corrected chi connectivity index (χ4v) is 1.74. The first-order chi connectivity index (χ1) is 9.08. The SMILES string of the molecule is CC(O)c1cccnc1Oc1cccc(N(C)C)c1. The number of nitrogens with zero attached hydrogens (tertiary/aromatic N) is 2. The second kappa shape index (κ2) is 5.71. The van der Waals surface area contributed by atoms with Crippen LogP contribution in [0.3, 0.4) is 0 Å². The van der Waals surface area contributed by atoms with Gasteiger partial charge in [-0.15, -0.1) is 0 Å². The molecule has 1 N–H and O–H groups in total. The average Bonchev–Trinajstić information content (AvgIpc) is 2.39. The number of aliphatic hydroxyl groups excluding tert-OH is 1. The molecule has 0 aliphatic carbocycles. The van der Waals surface area contributed by atoms with E-state index in [4.69, 9.17) is 4.74 Å². The molecule has 0 fully saturated rings. The van der Waals surface area contributed by atoms with Crippen molar-refractivity contribution < 1.29 is 9.84 Å². The Bertz CT molecular complexity index is 553. The van der Waals surface area contributed by atoms with Crippen LogP contribution < -0.4 is 9.64 Å². The summed E-state index contributed by atoms with van der Waals surface area (Å²) in [5.41, 5.74) is 1.73. The van der Waals surface area contributed by atoms with Gasteiger partial charge in [0.05, 0.1) is 6.10 Å². The number of hydrogen-bond donors (Lipinski definition) is 1. The largest absolute Gasteiger partial charge is 0.439 e. The Balaban J connectivity index is 2.29. The lowest BCUT2D eigenvalue weighted by molar-refractivity contribution is 0.194. The van der Waals surface area contributed by atoms with Gasteiger partial charge in [0.1, 0.15) is 5.75 Å². The van der Waals surface area contributed by atoms with Crippen molar-refractivity contribution in [3.63, 3.8) is 0 Å². The highest BCUT2D eigenvalue weighted by Crippen LogP contribution is 2.28. The van der Waals surface area contributed by atoms with Crippen LogP contribution >= 0.6 is 0 Å². The number of rotatable bonds is 4. The molecule has 2 aromatic rings. The van der Waals surface area contributed by atoms with Gasteiger partial charge in [-0.3, -0.25) is 0 Å². The first-order valence-electron chi connectivity index (χ1n) is 6.16. The Morgan fingerprint density at radius 1 is 1.21 bits per heavy atom. The number of pyridine rings is 1. The van der Waals surface area contributed by atoms with E-state index in [1.807, 2.05) is 49.3 Å². The quantitative estimate of drug-likeness (QED) is 0.915. The van der Waals surface area contributed by atoms with Gasteiger partial charge in [-0.05, 0) is 31.2 Å². The molecule has 4 heteroatoms. The topological polar surface area (TPSA) is 45.6 Å². The molecule has 1 atom stereocenters. The highest BCUT2D eigenvalue weighted by atomic mass is 16.5. The van der Waals surface area contributed by atoms with E-state index in [0.29, 0.717) is 17.2 Å². The second-order valence-corrected chi connectivity index (χ2v) is 4.57. The zero-order chi connectivity index (χ0) is 13.8. The number of anilines is 1. The maximum Gasteiger partial charge on any atom is 0.225 e. The van der Waals surface area contributed by atoms with Crippen LogP contribution in [0.5, 0.6) is 11.6 Å². The molecule has 19 heavy (non-hydrogen) atoms. The highest BCUT2D eigenvalue weighted by Gasteiger charge is 2.11. The molecule has 1 aromatic carbocycles. The molecule has 0 saturated carbocycles. The average molecular weight is 258 g/mol. The van der Waals surface area contributed by atoms with Crippen molar-refractivity contribution in [3.05, 3.63) is 48.2 Å². The fourth-order valence-electron chi connectivity index (χ4n) is 1.74. The van der Waals surface area contributed by atoms with E-state index >= 15 is 0 Å². The minimum absolute atomic E-state index is 0.438. The Kier molecular flexibility index (Phi) is 4.02. The van der Waals surface area contributed by atoms with Gasteiger partial charge in [0.25, 0.3) is 0 Å². The maximum absolute atomic E-state index is 9.70. The summed E-state index contributed by atoms with van der Waals surface area (Å²) in [4.78, 5) is 6.17. The molecule has 0 aliphatic rings. The van der Waals surface area contributed by atoms with Crippen LogP contribution in [0.25, 0.3) is 0 Å². The first kappa shape index (κ1) is 13.4. The monoisotopic (exact) mass is 258 g/mol. The van der Waals surface area contributed by atoms with E-state index < -0.39 is 6.10 Å². The molecule has 0 spiro atoms.